The van der Waals surface area contributed by atoms with Gasteiger partial charge in [-0.1, -0.05) is 0 Å². The molecular weight excluding hydrogens is 364 g/mol. The van der Waals surface area contributed by atoms with E-state index in [4.69, 9.17) is 10.5 Å². The van der Waals surface area contributed by atoms with E-state index in [-0.39, 0.29) is 35.3 Å². The van der Waals surface area contributed by atoms with Crippen LogP contribution in [0.5, 0.6) is 5.75 Å². The molecule has 1 heterocycles. The van der Waals surface area contributed by atoms with Crippen LogP contribution in [0.4, 0.5) is 11.4 Å². The number of amides is 1. The van der Waals surface area contributed by atoms with Gasteiger partial charge >= 0.3 is 0 Å². The Morgan fingerprint density at radius 1 is 1.42 bits per heavy atom. The van der Waals surface area contributed by atoms with Gasteiger partial charge in [0.1, 0.15) is 11.4 Å². The molecule has 0 radical (unpaired) electrons. The van der Waals surface area contributed by atoms with E-state index in [9.17, 15) is 23.3 Å². The summed E-state index contributed by atoms with van der Waals surface area (Å²) in [5, 5.41) is 13.9. The van der Waals surface area contributed by atoms with Crippen LogP contribution in [0.3, 0.4) is 0 Å². The quantitative estimate of drug-likeness (QED) is 0.416. The molecule has 144 valence electrons. The SMILES string of the molecule is CCOc1cc(N)c([N+](=O)[O-])cc1C(=O)NC1CCN(S(C)(=O)=O)CC1. The minimum Gasteiger partial charge on any atom is -0.493 e. The van der Waals surface area contributed by atoms with E-state index >= 15 is 0 Å². The fourth-order valence-corrected chi connectivity index (χ4v) is 3.66. The summed E-state index contributed by atoms with van der Waals surface area (Å²) in [4.78, 5) is 23.0. The Balaban J connectivity index is 2.16. The standard InChI is InChI=1S/C15H22N4O6S/c1-3-25-14-9-12(16)13(19(21)22)8-11(14)15(20)17-10-4-6-18(7-5-10)26(2,23)24/h8-10H,3-7,16H2,1-2H3,(H,17,20). The van der Waals surface area contributed by atoms with Gasteiger partial charge < -0.3 is 15.8 Å². The van der Waals surface area contributed by atoms with Crippen LogP contribution in [0, 0.1) is 10.1 Å². The summed E-state index contributed by atoms with van der Waals surface area (Å²) in [6.07, 6.45) is 2.06. The van der Waals surface area contributed by atoms with E-state index in [1.54, 1.807) is 6.92 Å². The Morgan fingerprint density at radius 3 is 2.54 bits per heavy atom. The summed E-state index contributed by atoms with van der Waals surface area (Å²) in [6, 6.07) is 2.14. The average molecular weight is 386 g/mol. The lowest BCUT2D eigenvalue weighted by Gasteiger charge is -2.30. The lowest BCUT2D eigenvalue weighted by Crippen LogP contribution is -2.46. The van der Waals surface area contributed by atoms with E-state index in [2.05, 4.69) is 5.32 Å². The Hall–Kier alpha value is -2.40. The minimum atomic E-state index is -3.25. The van der Waals surface area contributed by atoms with Crippen LogP contribution in [0.25, 0.3) is 0 Å². The monoisotopic (exact) mass is 386 g/mol. The number of benzene rings is 1. The molecule has 1 fully saturated rings. The number of nitrogen functional groups attached to an aromatic ring is 1. The van der Waals surface area contributed by atoms with Gasteiger partial charge in [-0.2, -0.15) is 0 Å². The van der Waals surface area contributed by atoms with Crippen molar-refractivity contribution in [1.29, 1.82) is 0 Å². The van der Waals surface area contributed by atoms with Gasteiger partial charge in [0.15, 0.2) is 0 Å². The Labute approximate surface area is 151 Å². The number of nitro groups is 1. The van der Waals surface area contributed by atoms with Crippen LogP contribution in [0.1, 0.15) is 30.1 Å². The maximum absolute atomic E-state index is 12.6. The van der Waals surface area contributed by atoms with Crippen molar-refractivity contribution in [1.82, 2.24) is 9.62 Å². The number of piperidine rings is 1. The number of carbonyl (C=O) groups is 1. The maximum Gasteiger partial charge on any atom is 0.293 e. The van der Waals surface area contributed by atoms with Crippen LogP contribution in [-0.2, 0) is 10.0 Å². The summed E-state index contributed by atoms with van der Waals surface area (Å²) in [5.41, 5.74) is 5.22. The van der Waals surface area contributed by atoms with Crippen LogP contribution >= 0.6 is 0 Å². The third-order valence-electron chi connectivity index (χ3n) is 4.13. The smallest absolute Gasteiger partial charge is 0.293 e. The van der Waals surface area contributed by atoms with Crippen molar-refractivity contribution in [2.45, 2.75) is 25.8 Å². The van der Waals surface area contributed by atoms with Crippen LogP contribution in [0.15, 0.2) is 12.1 Å². The summed E-state index contributed by atoms with van der Waals surface area (Å²) in [6.45, 7) is 2.61. The lowest BCUT2D eigenvalue weighted by atomic mass is 10.1. The molecule has 1 aliphatic heterocycles. The first kappa shape index (κ1) is 19.9. The number of sulfonamides is 1. The van der Waals surface area contributed by atoms with Crippen molar-refractivity contribution in [2.24, 2.45) is 0 Å². The van der Waals surface area contributed by atoms with Gasteiger partial charge in [-0.05, 0) is 19.8 Å². The van der Waals surface area contributed by atoms with E-state index < -0.39 is 20.9 Å². The highest BCUT2D eigenvalue weighted by Gasteiger charge is 2.28. The number of nitrogens with two attached hydrogens (primary N) is 1. The van der Waals surface area contributed by atoms with Gasteiger partial charge in [-0.25, -0.2) is 12.7 Å². The molecule has 1 aromatic carbocycles. The number of ether oxygens (including phenoxy) is 1. The lowest BCUT2D eigenvalue weighted by molar-refractivity contribution is -0.383. The molecule has 1 saturated heterocycles. The first-order valence-corrected chi connectivity index (χ1v) is 9.95. The van der Waals surface area contributed by atoms with Crippen molar-refractivity contribution >= 4 is 27.3 Å². The summed E-state index contributed by atoms with van der Waals surface area (Å²) in [5.74, 6) is -0.351. The number of anilines is 1. The third kappa shape index (κ3) is 4.61. The van der Waals surface area contributed by atoms with Crippen LogP contribution < -0.4 is 15.8 Å². The highest BCUT2D eigenvalue weighted by atomic mass is 32.2. The number of hydrogen-bond donors (Lipinski definition) is 2. The number of nitrogens with one attached hydrogen (secondary N) is 1. The number of rotatable bonds is 6. The van der Waals surface area contributed by atoms with E-state index in [0.717, 1.165) is 12.3 Å². The van der Waals surface area contributed by atoms with Crippen molar-refractivity contribution < 1.29 is 22.9 Å². The zero-order valence-electron chi connectivity index (χ0n) is 14.6. The number of hydrogen-bond acceptors (Lipinski definition) is 7. The molecule has 1 aromatic rings. The first-order chi connectivity index (χ1) is 12.1. The van der Waals surface area contributed by atoms with Crippen LogP contribution in [-0.4, -0.2) is 55.5 Å². The highest BCUT2D eigenvalue weighted by Crippen LogP contribution is 2.31. The van der Waals surface area contributed by atoms with E-state index in [1.807, 2.05) is 0 Å². The molecule has 3 N–H and O–H groups in total. The Morgan fingerprint density at radius 2 is 2.04 bits per heavy atom. The van der Waals surface area contributed by atoms with Crippen LogP contribution in [0.2, 0.25) is 0 Å². The maximum atomic E-state index is 12.6. The molecule has 1 amide bonds. The second-order valence-electron chi connectivity index (χ2n) is 6.01. The molecular formula is C15H22N4O6S. The largest absolute Gasteiger partial charge is 0.493 e. The van der Waals surface area contributed by atoms with Gasteiger partial charge in [-0.15, -0.1) is 0 Å². The minimum absolute atomic E-state index is 0.0262. The fourth-order valence-electron chi connectivity index (χ4n) is 2.79. The first-order valence-electron chi connectivity index (χ1n) is 8.10. The molecule has 0 unspecified atom stereocenters. The molecule has 0 spiro atoms. The molecule has 2 rings (SSSR count). The van der Waals surface area contributed by atoms with Gasteiger partial charge in [0, 0.05) is 31.3 Å². The molecule has 0 aromatic heterocycles. The molecule has 0 bridgehead atoms. The summed E-state index contributed by atoms with van der Waals surface area (Å²) < 4.78 is 29.8. The Bertz CT molecular complexity index is 803. The van der Waals surface area contributed by atoms with Gasteiger partial charge in [0.05, 0.1) is 23.3 Å². The second kappa shape index (κ2) is 7.87. The average Bonchev–Trinajstić information content (AvgIpc) is 2.54. The van der Waals surface area contributed by atoms with E-state index in [1.165, 1.54) is 10.4 Å². The topological polar surface area (TPSA) is 145 Å². The number of nitrogens with zero attached hydrogens (tertiary/aromatic N) is 2. The molecule has 0 atom stereocenters. The molecule has 1 aliphatic rings. The molecule has 11 heteroatoms. The number of carbonyl (C=O) groups excluding carboxylic acids is 1. The third-order valence-corrected chi connectivity index (χ3v) is 5.43. The normalized spacial score (nSPS) is 16.2. The van der Waals surface area contributed by atoms with E-state index in [0.29, 0.717) is 25.9 Å². The predicted molar refractivity (Wildman–Crippen MR) is 95.6 cm³/mol. The summed E-state index contributed by atoms with van der Waals surface area (Å²) >= 11 is 0. The molecule has 26 heavy (non-hydrogen) atoms. The van der Waals surface area contributed by atoms with Crippen molar-refractivity contribution in [2.75, 3.05) is 31.7 Å². The van der Waals surface area contributed by atoms with Gasteiger partial charge in [0.25, 0.3) is 11.6 Å². The van der Waals surface area contributed by atoms with Crippen molar-refractivity contribution in [3.05, 3.63) is 27.8 Å². The second-order valence-corrected chi connectivity index (χ2v) is 7.99. The fraction of sp³-hybridized carbons (Fsp3) is 0.533. The van der Waals surface area contributed by atoms with Crippen molar-refractivity contribution in [3.8, 4) is 5.75 Å². The Kier molecular flexibility index (Phi) is 6.03. The molecule has 0 aliphatic carbocycles. The van der Waals surface area contributed by atoms with Gasteiger partial charge in [0.2, 0.25) is 10.0 Å². The zero-order chi connectivity index (χ0) is 19.5. The zero-order valence-corrected chi connectivity index (χ0v) is 15.4. The number of nitro benzene ring substituents is 1. The highest BCUT2D eigenvalue weighted by molar-refractivity contribution is 7.88. The summed E-state index contributed by atoms with van der Waals surface area (Å²) in [7, 11) is -3.25. The van der Waals surface area contributed by atoms with Gasteiger partial charge in [-0.3, -0.25) is 14.9 Å². The predicted octanol–water partition coefficient (Wildman–Crippen LogP) is 0.729. The molecule has 0 saturated carbocycles. The van der Waals surface area contributed by atoms with Crippen molar-refractivity contribution in [3.63, 3.8) is 0 Å². The molecule has 10 nitrogen and oxygen atoms in total.